The van der Waals surface area contributed by atoms with E-state index in [0.29, 0.717) is 22.8 Å². The van der Waals surface area contributed by atoms with Crippen LogP contribution in [0.3, 0.4) is 0 Å². The Kier molecular flexibility index (Phi) is 2.44. The molecule has 20 heavy (non-hydrogen) atoms. The summed E-state index contributed by atoms with van der Waals surface area (Å²) in [5, 5.41) is 6.72. The van der Waals surface area contributed by atoms with E-state index in [1.54, 1.807) is 24.3 Å². The van der Waals surface area contributed by atoms with E-state index in [9.17, 15) is 9.59 Å². The quantitative estimate of drug-likeness (QED) is 0.844. The normalized spacial score (nSPS) is 27.3. The summed E-state index contributed by atoms with van der Waals surface area (Å²) >= 11 is 0. The van der Waals surface area contributed by atoms with Gasteiger partial charge >= 0.3 is 0 Å². The molecule has 4 rings (SSSR count). The maximum atomic E-state index is 12.2. The molecule has 1 amide bonds. The van der Waals surface area contributed by atoms with Crippen LogP contribution in [-0.2, 0) is 0 Å². The molecule has 5 nitrogen and oxygen atoms in total. The zero-order valence-electron chi connectivity index (χ0n) is 10.8. The number of hydrogen-bond acceptors (Lipinski definition) is 4. The minimum Gasteiger partial charge on any atom is -0.451 e. The second-order valence-corrected chi connectivity index (χ2v) is 5.46. The number of carbonyl (C=O) groups is 1. The molecule has 2 unspecified atom stereocenters. The molecule has 2 aliphatic rings. The predicted octanol–water partition coefficient (Wildman–Crippen LogP) is 0.741. The van der Waals surface area contributed by atoms with Gasteiger partial charge in [-0.05, 0) is 24.0 Å². The summed E-state index contributed by atoms with van der Waals surface area (Å²) in [5.41, 5.74) is 0.262. The van der Waals surface area contributed by atoms with Crippen LogP contribution in [0.5, 0.6) is 0 Å². The molecule has 2 heterocycles. The van der Waals surface area contributed by atoms with Gasteiger partial charge < -0.3 is 15.1 Å². The van der Waals surface area contributed by atoms with E-state index < -0.39 is 0 Å². The van der Waals surface area contributed by atoms with Gasteiger partial charge in [-0.15, -0.1) is 0 Å². The first-order valence-corrected chi connectivity index (χ1v) is 6.78. The minimum absolute atomic E-state index is 0.0895. The number of benzene rings is 1. The highest BCUT2D eigenvalue weighted by atomic mass is 16.3. The van der Waals surface area contributed by atoms with Gasteiger partial charge in [0.2, 0.25) is 0 Å². The second kappa shape index (κ2) is 4.18. The third-order valence-corrected chi connectivity index (χ3v) is 4.25. The fraction of sp³-hybridized carbons (Fsp3) is 0.333. The van der Waals surface area contributed by atoms with Crippen molar-refractivity contribution in [2.45, 2.75) is 6.04 Å². The number of carbonyl (C=O) groups excluding carboxylic acids is 1. The lowest BCUT2D eigenvalue weighted by atomic mass is 10.2. The first-order chi connectivity index (χ1) is 9.74. The molecule has 1 aromatic carbocycles. The third kappa shape index (κ3) is 1.74. The molecule has 2 aromatic rings. The number of para-hydroxylation sites is 1. The van der Waals surface area contributed by atoms with Crippen molar-refractivity contribution >= 4 is 16.9 Å². The fourth-order valence-corrected chi connectivity index (χ4v) is 3.07. The van der Waals surface area contributed by atoms with Gasteiger partial charge in [0, 0.05) is 25.2 Å². The summed E-state index contributed by atoms with van der Waals surface area (Å²) in [6, 6.07) is 8.44. The molecule has 1 aliphatic carbocycles. The Hall–Kier alpha value is -2.14. The van der Waals surface area contributed by atoms with Gasteiger partial charge in [0.1, 0.15) is 5.58 Å². The van der Waals surface area contributed by atoms with E-state index in [1.807, 2.05) is 0 Å². The van der Waals surface area contributed by atoms with Gasteiger partial charge in [0.15, 0.2) is 11.2 Å². The van der Waals surface area contributed by atoms with Crippen molar-refractivity contribution in [3.63, 3.8) is 0 Å². The molecule has 0 radical (unpaired) electrons. The minimum atomic E-state index is -0.299. The predicted molar refractivity (Wildman–Crippen MR) is 73.6 cm³/mol. The first kappa shape index (κ1) is 11.7. The van der Waals surface area contributed by atoms with Crippen LogP contribution in [0.4, 0.5) is 0 Å². The Balaban J connectivity index is 1.61. The van der Waals surface area contributed by atoms with Crippen LogP contribution in [0.2, 0.25) is 0 Å². The molecule has 5 heteroatoms. The maximum absolute atomic E-state index is 12.2. The monoisotopic (exact) mass is 270 g/mol. The topological polar surface area (TPSA) is 71.3 Å². The van der Waals surface area contributed by atoms with E-state index in [1.165, 1.54) is 6.07 Å². The first-order valence-electron chi connectivity index (χ1n) is 6.78. The highest BCUT2D eigenvalue weighted by Gasteiger charge is 2.53. The number of amides is 1. The van der Waals surface area contributed by atoms with E-state index in [4.69, 9.17) is 4.42 Å². The van der Waals surface area contributed by atoms with Crippen LogP contribution >= 0.6 is 0 Å². The molecular formula is C15H14N2O3. The van der Waals surface area contributed by atoms with E-state index >= 15 is 0 Å². The van der Waals surface area contributed by atoms with Crippen LogP contribution in [0.15, 0.2) is 39.5 Å². The average molecular weight is 270 g/mol. The third-order valence-electron chi connectivity index (χ3n) is 4.25. The summed E-state index contributed by atoms with van der Waals surface area (Å²) in [7, 11) is 0. The second-order valence-electron chi connectivity index (χ2n) is 5.46. The van der Waals surface area contributed by atoms with Crippen molar-refractivity contribution in [1.82, 2.24) is 10.6 Å². The van der Waals surface area contributed by atoms with Crippen LogP contribution in [0, 0.1) is 11.8 Å². The number of piperidine rings is 1. The van der Waals surface area contributed by atoms with Gasteiger partial charge in [0.25, 0.3) is 5.91 Å². The Morgan fingerprint density at radius 3 is 2.80 bits per heavy atom. The molecular weight excluding hydrogens is 256 g/mol. The molecule has 1 aromatic heterocycles. The number of fused-ring (bicyclic) bond motifs is 2. The van der Waals surface area contributed by atoms with Crippen LogP contribution < -0.4 is 16.1 Å². The Labute approximate surface area is 115 Å². The molecule has 0 bridgehead atoms. The van der Waals surface area contributed by atoms with Crippen LogP contribution in [0.25, 0.3) is 11.0 Å². The van der Waals surface area contributed by atoms with Gasteiger partial charge in [-0.1, -0.05) is 12.1 Å². The van der Waals surface area contributed by atoms with Crippen molar-refractivity contribution in [3.05, 3.63) is 46.3 Å². The summed E-state index contributed by atoms with van der Waals surface area (Å²) in [4.78, 5) is 24.1. The molecule has 2 atom stereocenters. The maximum Gasteiger partial charge on any atom is 0.287 e. The van der Waals surface area contributed by atoms with Crippen LogP contribution in [-0.4, -0.2) is 25.0 Å². The Bertz CT molecular complexity index is 742. The number of nitrogens with one attached hydrogen (secondary N) is 2. The number of rotatable bonds is 2. The van der Waals surface area contributed by atoms with Crippen molar-refractivity contribution in [2.75, 3.05) is 13.1 Å². The lowest BCUT2D eigenvalue weighted by molar-refractivity contribution is 0.0919. The van der Waals surface area contributed by atoms with E-state index in [0.717, 1.165) is 13.1 Å². The van der Waals surface area contributed by atoms with Gasteiger partial charge in [0.05, 0.1) is 5.39 Å². The molecule has 0 spiro atoms. The zero-order chi connectivity index (χ0) is 13.7. The molecule has 1 saturated carbocycles. The van der Waals surface area contributed by atoms with Crippen molar-refractivity contribution in [1.29, 1.82) is 0 Å². The largest absolute Gasteiger partial charge is 0.451 e. The van der Waals surface area contributed by atoms with E-state index in [-0.39, 0.29) is 23.1 Å². The summed E-state index contributed by atoms with van der Waals surface area (Å²) in [5.74, 6) is 0.858. The van der Waals surface area contributed by atoms with Crippen LogP contribution in [0.1, 0.15) is 10.6 Å². The molecule has 102 valence electrons. The highest BCUT2D eigenvalue weighted by Crippen LogP contribution is 2.41. The van der Waals surface area contributed by atoms with Gasteiger partial charge in [-0.25, -0.2) is 0 Å². The molecule has 2 fully saturated rings. The standard InChI is InChI=1S/C15H14N2O3/c18-11-5-13(20-12-4-2-1-3-8(11)12)15(19)17-14-9-6-16-7-10(9)14/h1-5,9-10,14,16H,6-7H2,(H,17,19). The SMILES string of the molecule is O=C(NC1C2CNCC21)c1cc(=O)c2ccccc2o1. The average Bonchev–Trinajstić information content (AvgIpc) is 2.88. The van der Waals surface area contributed by atoms with Gasteiger partial charge in [-0.3, -0.25) is 9.59 Å². The molecule has 1 aliphatic heterocycles. The fourth-order valence-electron chi connectivity index (χ4n) is 3.07. The summed E-state index contributed by atoms with van der Waals surface area (Å²) in [6.45, 7) is 1.91. The van der Waals surface area contributed by atoms with Crippen molar-refractivity contribution in [3.8, 4) is 0 Å². The lowest BCUT2D eigenvalue weighted by Gasteiger charge is -2.07. The zero-order valence-corrected chi connectivity index (χ0v) is 10.8. The smallest absolute Gasteiger partial charge is 0.287 e. The molecule has 1 saturated heterocycles. The molecule has 2 N–H and O–H groups in total. The highest BCUT2D eigenvalue weighted by molar-refractivity contribution is 5.93. The Morgan fingerprint density at radius 2 is 2.00 bits per heavy atom. The number of hydrogen-bond donors (Lipinski definition) is 2. The van der Waals surface area contributed by atoms with Crippen molar-refractivity contribution in [2.24, 2.45) is 11.8 Å². The van der Waals surface area contributed by atoms with E-state index in [2.05, 4.69) is 10.6 Å². The summed E-state index contributed by atoms with van der Waals surface area (Å²) < 4.78 is 5.53. The lowest BCUT2D eigenvalue weighted by Crippen LogP contribution is -2.32. The van der Waals surface area contributed by atoms with Gasteiger partial charge in [-0.2, -0.15) is 0 Å². The summed E-state index contributed by atoms with van der Waals surface area (Å²) in [6.07, 6.45) is 0. The van der Waals surface area contributed by atoms with Crippen molar-refractivity contribution < 1.29 is 9.21 Å². The Morgan fingerprint density at radius 1 is 1.25 bits per heavy atom.